The summed E-state index contributed by atoms with van der Waals surface area (Å²) >= 11 is 6.15. The van der Waals surface area contributed by atoms with E-state index >= 15 is 0 Å². The number of hydrogen-bond donors (Lipinski definition) is 2. The maximum atomic E-state index is 12.8. The van der Waals surface area contributed by atoms with Gasteiger partial charge in [-0.25, -0.2) is 4.79 Å². The number of rotatable bonds is 7. The zero-order chi connectivity index (χ0) is 22.5. The lowest BCUT2D eigenvalue weighted by molar-refractivity contribution is -0.121. The number of carbonyl (C=O) groups excluding carboxylic acids is 1. The smallest absolute Gasteiger partial charge is 0.350 e. The van der Waals surface area contributed by atoms with Crippen molar-refractivity contribution in [1.29, 1.82) is 0 Å². The fraction of sp³-hybridized carbons (Fsp3) is 0.160. The molecule has 1 aromatic heterocycles. The van der Waals surface area contributed by atoms with Gasteiger partial charge in [0.15, 0.2) is 0 Å². The fourth-order valence-corrected chi connectivity index (χ4v) is 3.65. The van der Waals surface area contributed by atoms with Gasteiger partial charge in [0.05, 0.1) is 5.52 Å². The predicted molar refractivity (Wildman–Crippen MR) is 128 cm³/mol. The quantitative estimate of drug-likeness (QED) is 0.444. The molecule has 0 aliphatic rings. The van der Waals surface area contributed by atoms with E-state index in [1.807, 2.05) is 73.7 Å². The third kappa shape index (κ3) is 4.98. The zero-order valence-electron chi connectivity index (χ0n) is 17.6. The number of halogens is 1. The van der Waals surface area contributed by atoms with Gasteiger partial charge in [0, 0.05) is 23.5 Å². The lowest BCUT2D eigenvalue weighted by Crippen LogP contribution is -2.33. The Labute approximate surface area is 190 Å². The summed E-state index contributed by atoms with van der Waals surface area (Å²) in [7, 11) is 0. The van der Waals surface area contributed by atoms with Gasteiger partial charge < -0.3 is 10.6 Å². The first-order valence-electron chi connectivity index (χ1n) is 10.3. The normalized spacial score (nSPS) is 10.8. The maximum Gasteiger partial charge on any atom is 0.350 e. The van der Waals surface area contributed by atoms with Crippen LogP contribution in [0.15, 0.2) is 77.6 Å². The Morgan fingerprint density at radius 2 is 1.69 bits per heavy atom. The van der Waals surface area contributed by atoms with E-state index in [9.17, 15) is 9.59 Å². The van der Waals surface area contributed by atoms with Gasteiger partial charge in [-0.15, -0.1) is 0 Å². The van der Waals surface area contributed by atoms with Crippen LogP contribution < -0.4 is 16.3 Å². The molecule has 0 fully saturated rings. The second kappa shape index (κ2) is 9.66. The Morgan fingerprint density at radius 1 is 0.969 bits per heavy atom. The van der Waals surface area contributed by atoms with Crippen LogP contribution >= 0.6 is 11.6 Å². The Kier molecular flexibility index (Phi) is 6.52. The molecule has 0 radical (unpaired) electrons. The fourth-order valence-electron chi connectivity index (χ4n) is 3.44. The van der Waals surface area contributed by atoms with Crippen molar-refractivity contribution in [2.24, 2.45) is 0 Å². The van der Waals surface area contributed by atoms with Crippen LogP contribution in [0, 0.1) is 6.92 Å². The van der Waals surface area contributed by atoms with Gasteiger partial charge in [-0.05, 0) is 36.2 Å². The minimum atomic E-state index is -0.483. The Balaban J connectivity index is 1.53. The number of benzene rings is 3. The highest BCUT2D eigenvalue weighted by atomic mass is 35.5. The van der Waals surface area contributed by atoms with Crippen molar-refractivity contribution in [3.05, 3.63) is 105 Å². The summed E-state index contributed by atoms with van der Waals surface area (Å²) in [5, 5.41) is 7.44. The highest BCUT2D eigenvalue weighted by Gasteiger charge is 2.13. The molecule has 0 aliphatic carbocycles. The highest BCUT2D eigenvalue weighted by Crippen LogP contribution is 2.20. The van der Waals surface area contributed by atoms with Crippen molar-refractivity contribution < 1.29 is 4.79 Å². The summed E-state index contributed by atoms with van der Waals surface area (Å²) in [6, 6.07) is 22.9. The molecule has 162 valence electrons. The molecule has 0 unspecified atom stereocenters. The molecule has 3 aromatic carbocycles. The highest BCUT2D eigenvalue weighted by molar-refractivity contribution is 6.31. The third-order valence-electron chi connectivity index (χ3n) is 5.20. The number of nitrogens with one attached hydrogen (secondary N) is 2. The van der Waals surface area contributed by atoms with Gasteiger partial charge in [-0.2, -0.15) is 4.98 Å². The Bertz CT molecular complexity index is 1320. The summed E-state index contributed by atoms with van der Waals surface area (Å²) in [6.45, 7) is 2.74. The predicted octanol–water partition coefficient (Wildman–Crippen LogP) is 4.29. The minimum Gasteiger partial charge on any atom is -0.365 e. The molecule has 0 saturated carbocycles. The monoisotopic (exact) mass is 446 g/mol. The van der Waals surface area contributed by atoms with E-state index in [2.05, 4.69) is 15.6 Å². The van der Waals surface area contributed by atoms with Gasteiger partial charge in [0.25, 0.3) is 0 Å². The summed E-state index contributed by atoms with van der Waals surface area (Å²) in [5.74, 6) is 0.207. The molecule has 0 atom stereocenters. The lowest BCUT2D eigenvalue weighted by Gasteiger charge is -2.14. The number of fused-ring (bicyclic) bond motifs is 1. The molecule has 32 heavy (non-hydrogen) atoms. The number of carbonyl (C=O) groups is 1. The Hall–Kier alpha value is -3.64. The van der Waals surface area contributed by atoms with E-state index in [1.54, 1.807) is 6.07 Å². The number of anilines is 1. The third-order valence-corrected chi connectivity index (χ3v) is 5.57. The van der Waals surface area contributed by atoms with Gasteiger partial charge in [-0.3, -0.25) is 9.36 Å². The van der Waals surface area contributed by atoms with Crippen LogP contribution in [0.3, 0.4) is 0 Å². The molecule has 6 nitrogen and oxygen atoms in total. The van der Waals surface area contributed by atoms with Crippen molar-refractivity contribution in [3.8, 4) is 0 Å². The van der Waals surface area contributed by atoms with E-state index in [1.165, 1.54) is 10.1 Å². The first kappa shape index (κ1) is 21.6. The van der Waals surface area contributed by atoms with Crippen LogP contribution in [0.25, 0.3) is 10.9 Å². The molecule has 4 rings (SSSR count). The second-order valence-corrected chi connectivity index (χ2v) is 7.96. The summed E-state index contributed by atoms with van der Waals surface area (Å²) in [4.78, 5) is 29.6. The summed E-state index contributed by atoms with van der Waals surface area (Å²) < 4.78 is 1.38. The van der Waals surface area contributed by atoms with Crippen LogP contribution in [0.2, 0.25) is 5.02 Å². The van der Waals surface area contributed by atoms with Crippen LogP contribution in [-0.2, 0) is 24.4 Å². The topological polar surface area (TPSA) is 76.0 Å². The van der Waals surface area contributed by atoms with Crippen molar-refractivity contribution in [2.45, 2.75) is 26.6 Å². The van der Waals surface area contributed by atoms with Crippen molar-refractivity contribution in [1.82, 2.24) is 14.9 Å². The van der Waals surface area contributed by atoms with Crippen LogP contribution in [0.5, 0.6) is 0 Å². The first-order chi connectivity index (χ1) is 15.5. The lowest BCUT2D eigenvalue weighted by atomic mass is 10.1. The van der Waals surface area contributed by atoms with E-state index in [-0.39, 0.29) is 19.0 Å². The van der Waals surface area contributed by atoms with Crippen LogP contribution in [0.4, 0.5) is 5.82 Å². The molecule has 1 amide bonds. The standard InChI is InChI=1S/C25H23ClN4O2/c1-17-10-12-18(13-11-17)14-28-24-20-7-3-5-9-22(20)30(25(32)29-24)16-23(31)27-15-19-6-2-4-8-21(19)26/h2-13H,14-16H2,1H3,(H,27,31)(H,28,29,32). The average molecular weight is 447 g/mol. The molecule has 0 spiro atoms. The SMILES string of the molecule is Cc1ccc(CNc2nc(=O)n(CC(=O)NCc3ccccc3Cl)c3ccccc23)cc1. The molecular formula is C25H23ClN4O2. The largest absolute Gasteiger partial charge is 0.365 e. The molecule has 1 heterocycles. The number of nitrogens with zero attached hydrogens (tertiary/aromatic N) is 2. The van der Waals surface area contributed by atoms with Crippen molar-refractivity contribution in [2.75, 3.05) is 5.32 Å². The van der Waals surface area contributed by atoms with Gasteiger partial charge in [-0.1, -0.05) is 71.8 Å². The number of para-hydroxylation sites is 1. The van der Waals surface area contributed by atoms with Gasteiger partial charge in [0.2, 0.25) is 5.91 Å². The second-order valence-electron chi connectivity index (χ2n) is 7.55. The number of amides is 1. The number of hydrogen-bond acceptors (Lipinski definition) is 4. The van der Waals surface area contributed by atoms with E-state index < -0.39 is 5.69 Å². The van der Waals surface area contributed by atoms with Gasteiger partial charge >= 0.3 is 5.69 Å². The summed E-state index contributed by atoms with van der Waals surface area (Å²) in [5.41, 5.74) is 3.25. The summed E-state index contributed by atoms with van der Waals surface area (Å²) in [6.07, 6.45) is 0. The van der Waals surface area contributed by atoms with E-state index in [0.717, 1.165) is 16.5 Å². The van der Waals surface area contributed by atoms with Crippen LogP contribution in [0.1, 0.15) is 16.7 Å². The molecular weight excluding hydrogens is 424 g/mol. The minimum absolute atomic E-state index is 0.130. The molecule has 0 saturated heterocycles. The first-order valence-corrected chi connectivity index (χ1v) is 10.7. The van der Waals surface area contributed by atoms with Crippen molar-refractivity contribution in [3.63, 3.8) is 0 Å². The van der Waals surface area contributed by atoms with E-state index in [0.29, 0.717) is 22.9 Å². The van der Waals surface area contributed by atoms with Crippen molar-refractivity contribution >= 4 is 34.2 Å². The Morgan fingerprint density at radius 3 is 2.47 bits per heavy atom. The van der Waals surface area contributed by atoms with E-state index in [4.69, 9.17) is 11.6 Å². The molecule has 7 heteroatoms. The average Bonchev–Trinajstić information content (AvgIpc) is 2.80. The van der Waals surface area contributed by atoms with Gasteiger partial charge in [0.1, 0.15) is 12.4 Å². The molecule has 4 aromatic rings. The van der Waals surface area contributed by atoms with Crippen LogP contribution in [-0.4, -0.2) is 15.5 Å². The number of aromatic nitrogens is 2. The molecule has 0 bridgehead atoms. The number of aryl methyl sites for hydroxylation is 1. The molecule has 0 aliphatic heterocycles. The molecule has 2 N–H and O–H groups in total. The maximum absolute atomic E-state index is 12.8. The zero-order valence-corrected chi connectivity index (χ0v) is 18.4.